The summed E-state index contributed by atoms with van der Waals surface area (Å²) < 4.78 is 18.6. The summed E-state index contributed by atoms with van der Waals surface area (Å²) in [5, 5.41) is 2.77. The molecule has 4 nitrogen and oxygen atoms in total. The molecule has 1 aliphatic carbocycles. The van der Waals surface area contributed by atoms with Crippen LogP contribution in [0.5, 0.6) is 0 Å². The number of amides is 1. The lowest BCUT2D eigenvalue weighted by Gasteiger charge is -2.40. The van der Waals surface area contributed by atoms with E-state index in [0.29, 0.717) is 6.54 Å². The fourth-order valence-electron chi connectivity index (χ4n) is 2.04. The standard InChI is InChI=1S/C13H17FN2O2/c1-18-13(5-2-6-13)8-16-12(17)9-3-4-11(15)10(14)7-9/h3-4,7H,2,5-6,8,15H2,1H3,(H,16,17). The Morgan fingerprint density at radius 1 is 1.56 bits per heavy atom. The zero-order valence-electron chi connectivity index (χ0n) is 10.3. The number of methoxy groups -OCH3 is 1. The van der Waals surface area contributed by atoms with E-state index in [2.05, 4.69) is 5.32 Å². The highest BCUT2D eigenvalue weighted by Crippen LogP contribution is 2.34. The van der Waals surface area contributed by atoms with Gasteiger partial charge in [-0.2, -0.15) is 0 Å². The number of hydrogen-bond acceptors (Lipinski definition) is 3. The average Bonchev–Trinajstić information content (AvgIpc) is 2.31. The number of nitrogens with one attached hydrogen (secondary N) is 1. The minimum Gasteiger partial charge on any atom is -0.396 e. The number of anilines is 1. The molecule has 1 fully saturated rings. The first-order chi connectivity index (χ1) is 8.56. The molecule has 2 rings (SSSR count). The van der Waals surface area contributed by atoms with Crippen molar-refractivity contribution in [3.8, 4) is 0 Å². The van der Waals surface area contributed by atoms with Crippen LogP contribution in [0.1, 0.15) is 29.6 Å². The van der Waals surface area contributed by atoms with Crippen molar-refractivity contribution in [3.63, 3.8) is 0 Å². The first kappa shape index (κ1) is 12.8. The van der Waals surface area contributed by atoms with E-state index in [1.165, 1.54) is 12.1 Å². The van der Waals surface area contributed by atoms with Crippen molar-refractivity contribution in [1.29, 1.82) is 0 Å². The molecule has 0 bridgehead atoms. The molecular weight excluding hydrogens is 235 g/mol. The monoisotopic (exact) mass is 252 g/mol. The molecular formula is C13H17FN2O2. The maximum atomic E-state index is 13.2. The zero-order valence-corrected chi connectivity index (χ0v) is 10.3. The molecule has 0 heterocycles. The smallest absolute Gasteiger partial charge is 0.251 e. The van der Waals surface area contributed by atoms with Gasteiger partial charge < -0.3 is 15.8 Å². The third-order valence-corrected chi connectivity index (χ3v) is 3.53. The number of carbonyl (C=O) groups is 1. The van der Waals surface area contributed by atoms with Crippen molar-refractivity contribution in [2.75, 3.05) is 19.4 Å². The maximum Gasteiger partial charge on any atom is 0.251 e. The number of benzene rings is 1. The Balaban J connectivity index is 1.97. The van der Waals surface area contributed by atoms with Gasteiger partial charge in [-0.05, 0) is 37.5 Å². The van der Waals surface area contributed by atoms with Gasteiger partial charge in [-0.1, -0.05) is 0 Å². The van der Waals surface area contributed by atoms with E-state index in [1.54, 1.807) is 7.11 Å². The number of nitrogens with two attached hydrogens (primary N) is 1. The summed E-state index contributed by atoms with van der Waals surface area (Å²) in [6, 6.07) is 4.04. The number of nitrogen functional groups attached to an aromatic ring is 1. The number of carbonyl (C=O) groups excluding carboxylic acids is 1. The Kier molecular flexibility index (Phi) is 3.52. The Hall–Kier alpha value is -1.62. The molecule has 1 amide bonds. The molecule has 0 aliphatic heterocycles. The summed E-state index contributed by atoms with van der Waals surface area (Å²) in [7, 11) is 1.65. The van der Waals surface area contributed by atoms with Crippen LogP contribution in [0, 0.1) is 5.82 Å². The van der Waals surface area contributed by atoms with Gasteiger partial charge in [0.15, 0.2) is 0 Å². The molecule has 0 aromatic heterocycles. The quantitative estimate of drug-likeness (QED) is 0.802. The van der Waals surface area contributed by atoms with Crippen molar-refractivity contribution >= 4 is 11.6 Å². The highest BCUT2D eigenvalue weighted by atomic mass is 19.1. The molecule has 0 unspecified atom stereocenters. The Morgan fingerprint density at radius 2 is 2.28 bits per heavy atom. The van der Waals surface area contributed by atoms with Crippen LogP contribution in [0.15, 0.2) is 18.2 Å². The van der Waals surface area contributed by atoms with Crippen LogP contribution in [0.3, 0.4) is 0 Å². The number of rotatable bonds is 4. The third-order valence-electron chi connectivity index (χ3n) is 3.53. The van der Waals surface area contributed by atoms with E-state index >= 15 is 0 Å². The fourth-order valence-corrected chi connectivity index (χ4v) is 2.04. The fraction of sp³-hybridized carbons (Fsp3) is 0.462. The number of hydrogen-bond donors (Lipinski definition) is 2. The summed E-state index contributed by atoms with van der Waals surface area (Å²) >= 11 is 0. The van der Waals surface area contributed by atoms with Gasteiger partial charge in [-0.3, -0.25) is 4.79 Å². The van der Waals surface area contributed by atoms with Gasteiger partial charge in [-0.15, -0.1) is 0 Å². The molecule has 5 heteroatoms. The van der Waals surface area contributed by atoms with Crippen molar-refractivity contribution in [2.45, 2.75) is 24.9 Å². The first-order valence-electron chi connectivity index (χ1n) is 5.95. The van der Waals surface area contributed by atoms with Crippen LogP contribution in [-0.2, 0) is 4.74 Å². The van der Waals surface area contributed by atoms with Crippen LogP contribution in [0.4, 0.5) is 10.1 Å². The largest absolute Gasteiger partial charge is 0.396 e. The van der Waals surface area contributed by atoms with Gasteiger partial charge in [0.05, 0.1) is 11.3 Å². The van der Waals surface area contributed by atoms with Gasteiger partial charge in [0.2, 0.25) is 0 Å². The highest BCUT2D eigenvalue weighted by Gasteiger charge is 2.37. The van der Waals surface area contributed by atoms with E-state index < -0.39 is 5.82 Å². The van der Waals surface area contributed by atoms with E-state index in [-0.39, 0.29) is 22.8 Å². The lowest BCUT2D eigenvalue weighted by molar-refractivity contribution is -0.0679. The van der Waals surface area contributed by atoms with Gasteiger partial charge in [-0.25, -0.2) is 4.39 Å². The zero-order chi connectivity index (χ0) is 13.2. The molecule has 98 valence electrons. The van der Waals surface area contributed by atoms with E-state index in [4.69, 9.17) is 10.5 Å². The summed E-state index contributed by atoms with van der Waals surface area (Å²) in [5.41, 5.74) is 5.43. The van der Waals surface area contributed by atoms with Crippen LogP contribution in [-0.4, -0.2) is 25.2 Å². The van der Waals surface area contributed by atoms with E-state index in [1.807, 2.05) is 0 Å². The number of ether oxygens (including phenoxy) is 1. The average molecular weight is 252 g/mol. The normalized spacial score (nSPS) is 17.0. The van der Waals surface area contributed by atoms with Crippen molar-refractivity contribution in [1.82, 2.24) is 5.32 Å². The second kappa shape index (κ2) is 4.94. The van der Waals surface area contributed by atoms with Crippen molar-refractivity contribution in [3.05, 3.63) is 29.6 Å². The molecule has 1 saturated carbocycles. The van der Waals surface area contributed by atoms with Crippen molar-refractivity contribution < 1.29 is 13.9 Å². The lowest BCUT2D eigenvalue weighted by Crippen LogP contribution is -2.49. The summed E-state index contributed by atoms with van der Waals surface area (Å²) in [5.74, 6) is -0.884. The molecule has 1 aromatic rings. The summed E-state index contributed by atoms with van der Waals surface area (Å²) in [6.07, 6.45) is 3.00. The molecule has 0 spiro atoms. The first-order valence-corrected chi connectivity index (χ1v) is 5.95. The molecule has 0 saturated heterocycles. The second-order valence-corrected chi connectivity index (χ2v) is 4.66. The minimum absolute atomic E-state index is 0.0407. The minimum atomic E-state index is -0.576. The Labute approximate surface area is 105 Å². The maximum absolute atomic E-state index is 13.2. The van der Waals surface area contributed by atoms with Gasteiger partial charge in [0.25, 0.3) is 5.91 Å². The molecule has 0 radical (unpaired) electrons. The third kappa shape index (κ3) is 2.46. The Bertz CT molecular complexity index is 453. The molecule has 1 aliphatic rings. The second-order valence-electron chi connectivity index (χ2n) is 4.66. The van der Waals surface area contributed by atoms with Crippen LogP contribution in [0.2, 0.25) is 0 Å². The molecule has 1 aromatic carbocycles. The SMILES string of the molecule is COC1(CNC(=O)c2ccc(N)c(F)c2)CCC1. The molecule has 18 heavy (non-hydrogen) atoms. The van der Waals surface area contributed by atoms with E-state index in [9.17, 15) is 9.18 Å². The lowest BCUT2D eigenvalue weighted by atomic mass is 9.80. The molecule has 3 N–H and O–H groups in total. The topological polar surface area (TPSA) is 64.3 Å². The van der Waals surface area contributed by atoms with Crippen molar-refractivity contribution in [2.24, 2.45) is 0 Å². The number of halogens is 1. The van der Waals surface area contributed by atoms with Gasteiger partial charge >= 0.3 is 0 Å². The molecule has 0 atom stereocenters. The summed E-state index contributed by atoms with van der Waals surface area (Å²) in [4.78, 5) is 11.8. The van der Waals surface area contributed by atoms with Gasteiger partial charge in [0.1, 0.15) is 5.82 Å². The van der Waals surface area contributed by atoms with Crippen LogP contribution < -0.4 is 11.1 Å². The Morgan fingerprint density at radius 3 is 2.78 bits per heavy atom. The predicted octanol–water partition coefficient (Wildman–Crippen LogP) is 1.71. The van der Waals surface area contributed by atoms with Gasteiger partial charge in [0, 0.05) is 19.2 Å². The van der Waals surface area contributed by atoms with Crippen LogP contribution >= 0.6 is 0 Å². The predicted molar refractivity (Wildman–Crippen MR) is 66.7 cm³/mol. The van der Waals surface area contributed by atoms with E-state index in [0.717, 1.165) is 25.3 Å². The highest BCUT2D eigenvalue weighted by molar-refractivity contribution is 5.94. The van der Waals surface area contributed by atoms with Crippen LogP contribution in [0.25, 0.3) is 0 Å². The summed E-state index contributed by atoms with van der Waals surface area (Å²) in [6.45, 7) is 0.453.